The first-order chi connectivity index (χ1) is 18.6. The highest BCUT2D eigenvalue weighted by atomic mass is 32.2. The van der Waals surface area contributed by atoms with E-state index in [0.717, 1.165) is 4.90 Å². The Morgan fingerprint density at radius 3 is 2.46 bits per heavy atom. The maximum atomic E-state index is 13.9. The number of ether oxygens (including phenoxy) is 1. The van der Waals surface area contributed by atoms with Crippen LogP contribution in [0.3, 0.4) is 0 Å². The Balaban J connectivity index is 1.29. The Morgan fingerprint density at radius 2 is 1.77 bits per heavy atom. The minimum Gasteiger partial charge on any atom is -0.465 e. The van der Waals surface area contributed by atoms with Gasteiger partial charge in [0, 0.05) is 37.7 Å². The van der Waals surface area contributed by atoms with Crippen molar-refractivity contribution in [3.05, 3.63) is 70.4 Å². The number of thioether (sulfide) groups is 1. The standard InChI is InChI=1S/C26H26FN3O7S2/c1-37-25(33)19-7-3-5-9-22(19)39(35,36)29-13-10-17(11-14-29)23(31)28-12-15-30-24(32)21(38-26(30)34)16-18-6-2-4-8-20(18)27/h2-9,16-17H,10-15H2,1H3,(H,28,31). The third kappa shape index (κ3) is 6.21. The van der Waals surface area contributed by atoms with E-state index in [1.54, 1.807) is 12.1 Å². The quantitative estimate of drug-likeness (QED) is 0.376. The lowest BCUT2D eigenvalue weighted by Gasteiger charge is -2.31. The summed E-state index contributed by atoms with van der Waals surface area (Å²) in [7, 11) is -2.81. The maximum absolute atomic E-state index is 13.9. The number of piperidine rings is 1. The molecule has 39 heavy (non-hydrogen) atoms. The molecule has 2 aliphatic heterocycles. The number of nitrogens with one attached hydrogen (secondary N) is 1. The highest BCUT2D eigenvalue weighted by Crippen LogP contribution is 2.32. The van der Waals surface area contributed by atoms with Crippen molar-refractivity contribution in [2.45, 2.75) is 17.7 Å². The summed E-state index contributed by atoms with van der Waals surface area (Å²) >= 11 is 0.705. The monoisotopic (exact) mass is 575 g/mol. The molecule has 1 N–H and O–H groups in total. The zero-order valence-electron chi connectivity index (χ0n) is 21.0. The molecule has 0 aliphatic carbocycles. The van der Waals surface area contributed by atoms with E-state index in [0.29, 0.717) is 11.8 Å². The Morgan fingerprint density at radius 1 is 1.10 bits per heavy atom. The van der Waals surface area contributed by atoms with E-state index in [9.17, 15) is 32.0 Å². The van der Waals surface area contributed by atoms with E-state index >= 15 is 0 Å². The van der Waals surface area contributed by atoms with E-state index in [1.165, 1.54) is 53.9 Å². The summed E-state index contributed by atoms with van der Waals surface area (Å²) < 4.78 is 46.2. The first-order valence-electron chi connectivity index (χ1n) is 12.1. The van der Waals surface area contributed by atoms with Gasteiger partial charge in [-0.3, -0.25) is 19.3 Å². The molecular formula is C26H26FN3O7S2. The molecule has 0 spiro atoms. The van der Waals surface area contributed by atoms with Gasteiger partial charge in [-0.2, -0.15) is 4.31 Å². The number of imide groups is 1. The second kappa shape index (κ2) is 12.1. The molecule has 2 saturated heterocycles. The van der Waals surface area contributed by atoms with Gasteiger partial charge in [-0.25, -0.2) is 17.6 Å². The normalized spacial score (nSPS) is 18.0. The van der Waals surface area contributed by atoms with Crippen molar-refractivity contribution >= 4 is 50.9 Å². The van der Waals surface area contributed by atoms with E-state index in [-0.39, 0.29) is 65.9 Å². The summed E-state index contributed by atoms with van der Waals surface area (Å²) in [6.45, 7) is 0.136. The molecule has 0 saturated carbocycles. The second-order valence-corrected chi connectivity index (χ2v) is 11.7. The van der Waals surface area contributed by atoms with Gasteiger partial charge in [0.25, 0.3) is 11.1 Å². The largest absolute Gasteiger partial charge is 0.465 e. The Kier molecular flexibility index (Phi) is 8.83. The lowest BCUT2D eigenvalue weighted by molar-refractivity contribution is -0.127. The molecule has 0 atom stereocenters. The molecule has 2 aromatic rings. The maximum Gasteiger partial charge on any atom is 0.339 e. The predicted molar refractivity (Wildman–Crippen MR) is 141 cm³/mol. The van der Waals surface area contributed by atoms with Gasteiger partial charge in [-0.1, -0.05) is 30.3 Å². The van der Waals surface area contributed by atoms with E-state index < -0.39 is 38.9 Å². The first-order valence-corrected chi connectivity index (χ1v) is 14.3. The van der Waals surface area contributed by atoms with Crippen LogP contribution in [0.1, 0.15) is 28.8 Å². The molecule has 0 unspecified atom stereocenters. The number of rotatable bonds is 8. The number of benzene rings is 2. The van der Waals surface area contributed by atoms with Crippen LogP contribution >= 0.6 is 11.8 Å². The average molecular weight is 576 g/mol. The molecule has 2 aromatic carbocycles. The van der Waals surface area contributed by atoms with Crippen LogP contribution in [0.15, 0.2) is 58.3 Å². The first kappa shape index (κ1) is 28.5. The van der Waals surface area contributed by atoms with Crippen molar-refractivity contribution in [3.8, 4) is 0 Å². The van der Waals surface area contributed by atoms with Gasteiger partial charge >= 0.3 is 5.97 Å². The summed E-state index contributed by atoms with van der Waals surface area (Å²) in [5.74, 6) is -2.60. The van der Waals surface area contributed by atoms with Crippen LogP contribution < -0.4 is 5.32 Å². The van der Waals surface area contributed by atoms with Gasteiger partial charge in [-0.15, -0.1) is 0 Å². The van der Waals surface area contributed by atoms with E-state index in [2.05, 4.69) is 5.32 Å². The van der Waals surface area contributed by atoms with E-state index in [4.69, 9.17) is 4.74 Å². The third-order valence-corrected chi connectivity index (χ3v) is 9.30. The minimum atomic E-state index is -3.98. The van der Waals surface area contributed by atoms with Crippen molar-refractivity contribution in [2.75, 3.05) is 33.3 Å². The minimum absolute atomic E-state index is 0.0227. The van der Waals surface area contributed by atoms with Crippen LogP contribution in [0.25, 0.3) is 6.08 Å². The summed E-state index contributed by atoms with van der Waals surface area (Å²) in [6, 6.07) is 11.7. The van der Waals surface area contributed by atoms with Crippen LogP contribution in [0.2, 0.25) is 0 Å². The van der Waals surface area contributed by atoms with Gasteiger partial charge in [-0.05, 0) is 48.9 Å². The van der Waals surface area contributed by atoms with Crippen molar-refractivity contribution in [1.82, 2.24) is 14.5 Å². The molecule has 13 heteroatoms. The van der Waals surface area contributed by atoms with Crippen LogP contribution in [0, 0.1) is 11.7 Å². The number of amides is 3. The molecular weight excluding hydrogens is 549 g/mol. The molecule has 2 heterocycles. The molecule has 206 valence electrons. The van der Waals surface area contributed by atoms with Crippen LogP contribution in [0.5, 0.6) is 0 Å². The number of nitrogens with zero attached hydrogens (tertiary/aromatic N) is 2. The fraction of sp³-hybridized carbons (Fsp3) is 0.308. The smallest absolute Gasteiger partial charge is 0.339 e. The highest BCUT2D eigenvalue weighted by Gasteiger charge is 2.36. The molecule has 10 nitrogen and oxygen atoms in total. The van der Waals surface area contributed by atoms with E-state index in [1.807, 2.05) is 0 Å². The fourth-order valence-corrected chi connectivity index (χ4v) is 6.83. The number of esters is 1. The lowest BCUT2D eigenvalue weighted by atomic mass is 9.97. The van der Waals surface area contributed by atoms with Crippen molar-refractivity contribution < 1.29 is 36.7 Å². The molecule has 4 rings (SSSR count). The van der Waals surface area contributed by atoms with Crippen molar-refractivity contribution in [1.29, 1.82) is 0 Å². The van der Waals surface area contributed by atoms with Crippen molar-refractivity contribution in [3.63, 3.8) is 0 Å². The molecule has 2 fully saturated rings. The number of carbonyl (C=O) groups excluding carboxylic acids is 4. The van der Waals surface area contributed by atoms with Crippen molar-refractivity contribution in [2.24, 2.45) is 5.92 Å². The average Bonchev–Trinajstić information content (AvgIpc) is 3.21. The SMILES string of the molecule is COC(=O)c1ccccc1S(=O)(=O)N1CCC(C(=O)NCCN2C(=O)SC(=Cc3ccccc3F)C2=O)CC1. The molecule has 0 aromatic heterocycles. The highest BCUT2D eigenvalue weighted by molar-refractivity contribution is 8.18. The number of hydrogen-bond acceptors (Lipinski definition) is 8. The predicted octanol–water partition coefficient (Wildman–Crippen LogP) is 2.87. The number of halogens is 1. The number of sulfonamides is 1. The van der Waals surface area contributed by atoms with Crippen LogP contribution in [-0.4, -0.2) is 73.9 Å². The Hall–Kier alpha value is -3.55. The Bertz CT molecular complexity index is 1440. The van der Waals surface area contributed by atoms with Gasteiger partial charge in [0.2, 0.25) is 15.9 Å². The second-order valence-electron chi connectivity index (χ2n) is 8.81. The van der Waals surface area contributed by atoms with Gasteiger partial charge < -0.3 is 10.1 Å². The van der Waals surface area contributed by atoms with Gasteiger partial charge in [0.05, 0.1) is 22.5 Å². The number of hydrogen-bond donors (Lipinski definition) is 1. The molecule has 0 radical (unpaired) electrons. The molecule has 2 aliphatic rings. The topological polar surface area (TPSA) is 130 Å². The van der Waals surface area contributed by atoms with Gasteiger partial charge in [0.1, 0.15) is 5.82 Å². The molecule has 3 amide bonds. The van der Waals surface area contributed by atoms with Crippen LogP contribution in [0.4, 0.5) is 9.18 Å². The zero-order valence-corrected chi connectivity index (χ0v) is 22.6. The third-order valence-electron chi connectivity index (χ3n) is 6.43. The number of carbonyl (C=O) groups is 4. The fourth-order valence-electron chi connectivity index (χ4n) is 4.33. The number of methoxy groups -OCH3 is 1. The van der Waals surface area contributed by atoms with Gasteiger partial charge in [0.15, 0.2) is 0 Å². The Labute approximate surface area is 229 Å². The lowest BCUT2D eigenvalue weighted by Crippen LogP contribution is -2.44. The summed E-state index contributed by atoms with van der Waals surface area (Å²) in [6.07, 6.45) is 1.85. The summed E-state index contributed by atoms with van der Waals surface area (Å²) in [5, 5.41) is 2.20. The summed E-state index contributed by atoms with van der Waals surface area (Å²) in [4.78, 5) is 50.6. The summed E-state index contributed by atoms with van der Waals surface area (Å²) in [5.41, 5.74) is 0.134. The zero-order chi connectivity index (χ0) is 28.2. The van der Waals surface area contributed by atoms with Crippen LogP contribution in [-0.2, 0) is 24.3 Å². The molecule has 0 bridgehead atoms.